The van der Waals surface area contributed by atoms with Gasteiger partial charge < -0.3 is 14.6 Å². The van der Waals surface area contributed by atoms with Crippen LogP contribution in [0.4, 0.5) is 0 Å². The SMILES string of the molecule is OCC1c2ccccc2CCN1Cc1ccc2c(c1)OCCO2. The van der Waals surface area contributed by atoms with Crippen LogP contribution in [0.25, 0.3) is 0 Å². The Hall–Kier alpha value is -2.04. The molecule has 1 unspecified atom stereocenters. The largest absolute Gasteiger partial charge is 0.486 e. The molecule has 2 aliphatic heterocycles. The zero-order chi connectivity index (χ0) is 15.6. The van der Waals surface area contributed by atoms with Crippen molar-refractivity contribution in [2.24, 2.45) is 0 Å². The molecule has 2 heterocycles. The normalized spacial score (nSPS) is 20.1. The number of rotatable bonds is 3. The van der Waals surface area contributed by atoms with Crippen LogP contribution in [-0.2, 0) is 13.0 Å². The van der Waals surface area contributed by atoms with Crippen molar-refractivity contribution in [1.82, 2.24) is 4.90 Å². The van der Waals surface area contributed by atoms with E-state index in [0.717, 1.165) is 31.0 Å². The molecule has 0 aromatic heterocycles. The Morgan fingerprint density at radius 2 is 1.87 bits per heavy atom. The summed E-state index contributed by atoms with van der Waals surface area (Å²) < 4.78 is 11.2. The number of aliphatic hydroxyl groups is 1. The Labute approximate surface area is 136 Å². The Balaban J connectivity index is 1.57. The molecule has 2 aliphatic rings. The minimum Gasteiger partial charge on any atom is -0.486 e. The number of nitrogens with zero attached hydrogens (tertiary/aromatic N) is 1. The van der Waals surface area contributed by atoms with E-state index in [1.54, 1.807) is 0 Å². The summed E-state index contributed by atoms with van der Waals surface area (Å²) in [6.45, 7) is 3.11. The molecular weight excluding hydrogens is 290 g/mol. The first-order valence-electron chi connectivity index (χ1n) is 8.16. The Bertz CT molecular complexity index is 701. The van der Waals surface area contributed by atoms with Gasteiger partial charge in [0.1, 0.15) is 13.2 Å². The van der Waals surface area contributed by atoms with Crippen molar-refractivity contribution in [3.63, 3.8) is 0 Å². The third kappa shape index (κ3) is 2.80. The van der Waals surface area contributed by atoms with Gasteiger partial charge in [-0.1, -0.05) is 30.3 Å². The van der Waals surface area contributed by atoms with E-state index < -0.39 is 0 Å². The summed E-state index contributed by atoms with van der Waals surface area (Å²) in [7, 11) is 0. The van der Waals surface area contributed by atoms with Crippen LogP contribution in [0.5, 0.6) is 11.5 Å². The van der Waals surface area contributed by atoms with Gasteiger partial charge in [0.2, 0.25) is 0 Å². The van der Waals surface area contributed by atoms with E-state index in [0.29, 0.717) is 13.2 Å². The first-order chi connectivity index (χ1) is 11.3. The van der Waals surface area contributed by atoms with Crippen LogP contribution in [0.3, 0.4) is 0 Å². The molecule has 2 aromatic rings. The zero-order valence-corrected chi connectivity index (χ0v) is 13.1. The summed E-state index contributed by atoms with van der Waals surface area (Å²) in [6, 6.07) is 14.6. The van der Waals surface area contributed by atoms with Gasteiger partial charge in [-0.2, -0.15) is 0 Å². The summed E-state index contributed by atoms with van der Waals surface area (Å²) in [5.41, 5.74) is 3.79. The molecule has 0 radical (unpaired) electrons. The molecule has 2 aromatic carbocycles. The first-order valence-corrected chi connectivity index (χ1v) is 8.16. The van der Waals surface area contributed by atoms with E-state index >= 15 is 0 Å². The quantitative estimate of drug-likeness (QED) is 0.946. The van der Waals surface area contributed by atoms with E-state index in [9.17, 15) is 5.11 Å². The van der Waals surface area contributed by atoms with Crippen LogP contribution in [0, 0.1) is 0 Å². The molecular formula is C19H21NO3. The van der Waals surface area contributed by atoms with Crippen LogP contribution < -0.4 is 9.47 Å². The maximum Gasteiger partial charge on any atom is 0.161 e. The van der Waals surface area contributed by atoms with E-state index in [1.807, 2.05) is 6.07 Å². The van der Waals surface area contributed by atoms with Crippen molar-refractivity contribution in [2.75, 3.05) is 26.4 Å². The molecule has 0 aliphatic carbocycles. The minimum absolute atomic E-state index is 0.0631. The lowest BCUT2D eigenvalue weighted by Gasteiger charge is -2.36. The second kappa shape index (κ2) is 6.22. The molecule has 0 amide bonds. The van der Waals surface area contributed by atoms with E-state index in [1.165, 1.54) is 16.7 Å². The van der Waals surface area contributed by atoms with Crippen molar-refractivity contribution in [3.8, 4) is 11.5 Å². The molecule has 1 N–H and O–H groups in total. The predicted octanol–water partition coefficient (Wildman–Crippen LogP) is 2.55. The molecule has 0 bridgehead atoms. The fourth-order valence-corrected chi connectivity index (χ4v) is 3.53. The molecule has 4 rings (SSSR count). The van der Waals surface area contributed by atoms with Gasteiger partial charge in [-0.3, -0.25) is 4.90 Å². The predicted molar refractivity (Wildman–Crippen MR) is 87.8 cm³/mol. The van der Waals surface area contributed by atoms with Crippen LogP contribution >= 0.6 is 0 Å². The van der Waals surface area contributed by atoms with Crippen molar-refractivity contribution in [1.29, 1.82) is 0 Å². The number of hydrogen-bond donors (Lipinski definition) is 1. The third-order valence-corrected chi connectivity index (χ3v) is 4.69. The molecule has 120 valence electrons. The average molecular weight is 311 g/mol. The Kier molecular flexibility index (Phi) is 3.93. The van der Waals surface area contributed by atoms with E-state index in [2.05, 4.69) is 41.3 Å². The second-order valence-corrected chi connectivity index (χ2v) is 6.10. The highest BCUT2D eigenvalue weighted by Crippen LogP contribution is 2.34. The number of ether oxygens (including phenoxy) is 2. The average Bonchev–Trinajstić information content (AvgIpc) is 2.61. The van der Waals surface area contributed by atoms with Crippen LogP contribution in [0.15, 0.2) is 42.5 Å². The van der Waals surface area contributed by atoms with Gasteiger partial charge in [0.25, 0.3) is 0 Å². The molecule has 4 nitrogen and oxygen atoms in total. The zero-order valence-electron chi connectivity index (χ0n) is 13.1. The molecule has 1 atom stereocenters. The summed E-state index contributed by atoms with van der Waals surface area (Å²) in [4.78, 5) is 2.34. The van der Waals surface area contributed by atoms with Gasteiger partial charge in [-0.15, -0.1) is 0 Å². The fourth-order valence-electron chi connectivity index (χ4n) is 3.53. The number of aliphatic hydroxyl groups excluding tert-OH is 1. The van der Waals surface area contributed by atoms with Gasteiger partial charge >= 0.3 is 0 Å². The maximum atomic E-state index is 9.89. The lowest BCUT2D eigenvalue weighted by molar-refractivity contribution is 0.108. The van der Waals surface area contributed by atoms with Gasteiger partial charge in [-0.25, -0.2) is 0 Å². The number of fused-ring (bicyclic) bond motifs is 2. The van der Waals surface area contributed by atoms with Crippen LogP contribution in [0.1, 0.15) is 22.7 Å². The topological polar surface area (TPSA) is 41.9 Å². The highest BCUT2D eigenvalue weighted by molar-refractivity contribution is 5.44. The standard InChI is InChI=1S/C19H21NO3/c21-13-17-16-4-2-1-3-15(16)7-8-20(17)12-14-5-6-18-19(11-14)23-10-9-22-18/h1-6,11,17,21H,7-10,12-13H2. The third-order valence-electron chi connectivity index (χ3n) is 4.69. The van der Waals surface area contributed by atoms with Crippen molar-refractivity contribution in [2.45, 2.75) is 19.0 Å². The van der Waals surface area contributed by atoms with Gasteiger partial charge in [0, 0.05) is 13.1 Å². The molecule has 0 spiro atoms. The molecule has 0 fully saturated rings. The highest BCUT2D eigenvalue weighted by atomic mass is 16.6. The monoisotopic (exact) mass is 311 g/mol. The van der Waals surface area contributed by atoms with Crippen LogP contribution in [0.2, 0.25) is 0 Å². The van der Waals surface area contributed by atoms with Crippen molar-refractivity contribution in [3.05, 3.63) is 59.2 Å². The summed E-state index contributed by atoms with van der Waals surface area (Å²) in [6.07, 6.45) is 1.03. The number of benzene rings is 2. The second-order valence-electron chi connectivity index (χ2n) is 6.10. The van der Waals surface area contributed by atoms with Crippen molar-refractivity contribution >= 4 is 0 Å². The smallest absolute Gasteiger partial charge is 0.161 e. The Morgan fingerprint density at radius 1 is 1.04 bits per heavy atom. The molecule has 0 saturated carbocycles. The summed E-state index contributed by atoms with van der Waals surface area (Å²) in [5, 5.41) is 9.89. The maximum absolute atomic E-state index is 9.89. The first kappa shape index (κ1) is 14.5. The molecule has 23 heavy (non-hydrogen) atoms. The van der Waals surface area contributed by atoms with E-state index in [4.69, 9.17) is 9.47 Å². The molecule has 4 heteroatoms. The lowest BCUT2D eigenvalue weighted by atomic mass is 9.92. The van der Waals surface area contributed by atoms with E-state index in [-0.39, 0.29) is 12.6 Å². The fraction of sp³-hybridized carbons (Fsp3) is 0.368. The Morgan fingerprint density at radius 3 is 2.74 bits per heavy atom. The van der Waals surface area contributed by atoms with Crippen molar-refractivity contribution < 1.29 is 14.6 Å². The summed E-state index contributed by atoms with van der Waals surface area (Å²) in [5.74, 6) is 1.65. The highest BCUT2D eigenvalue weighted by Gasteiger charge is 2.26. The summed E-state index contributed by atoms with van der Waals surface area (Å²) >= 11 is 0. The van der Waals surface area contributed by atoms with Gasteiger partial charge in [-0.05, 0) is 35.2 Å². The van der Waals surface area contributed by atoms with Crippen LogP contribution in [-0.4, -0.2) is 36.4 Å². The lowest BCUT2D eigenvalue weighted by Crippen LogP contribution is -2.36. The minimum atomic E-state index is 0.0631. The number of hydrogen-bond acceptors (Lipinski definition) is 4. The van der Waals surface area contributed by atoms with Gasteiger partial charge in [0.05, 0.1) is 12.6 Å². The van der Waals surface area contributed by atoms with Gasteiger partial charge in [0.15, 0.2) is 11.5 Å². The molecule has 0 saturated heterocycles.